The number of nitrogens with one attached hydrogen (secondary N) is 1. The number of fused-ring (bicyclic) bond motifs is 1. The highest BCUT2D eigenvalue weighted by Gasteiger charge is 2.33. The van der Waals surface area contributed by atoms with Crippen LogP contribution in [-0.2, 0) is 6.18 Å². The Balaban J connectivity index is 1.83. The number of aromatic amines is 1. The van der Waals surface area contributed by atoms with Crippen LogP contribution in [0.15, 0.2) is 65.5 Å². The van der Waals surface area contributed by atoms with Gasteiger partial charge in [0.1, 0.15) is 5.75 Å². The van der Waals surface area contributed by atoms with E-state index in [1.54, 1.807) is 49.4 Å². The zero-order valence-corrected chi connectivity index (χ0v) is 17.4. The van der Waals surface area contributed by atoms with Gasteiger partial charge in [-0.1, -0.05) is 54.1 Å². The molecule has 1 heterocycles. The highest BCUT2D eigenvalue weighted by atomic mass is 35.5. The van der Waals surface area contributed by atoms with Gasteiger partial charge < -0.3 is 9.72 Å². The van der Waals surface area contributed by atoms with E-state index in [-0.39, 0.29) is 11.0 Å². The summed E-state index contributed by atoms with van der Waals surface area (Å²) in [6.07, 6.45) is -4.46. The number of alkyl halides is 3. The Labute approximate surface area is 181 Å². The molecule has 7 heteroatoms. The van der Waals surface area contributed by atoms with Crippen molar-refractivity contribution >= 4 is 22.5 Å². The lowest BCUT2D eigenvalue weighted by Crippen LogP contribution is -2.10. The third-order valence-corrected chi connectivity index (χ3v) is 5.47. The first-order chi connectivity index (χ1) is 14.7. The van der Waals surface area contributed by atoms with Gasteiger partial charge in [-0.05, 0) is 35.7 Å². The molecule has 3 nitrogen and oxygen atoms in total. The molecule has 0 fully saturated rings. The highest BCUT2D eigenvalue weighted by molar-refractivity contribution is 6.32. The predicted molar refractivity (Wildman–Crippen MR) is 117 cm³/mol. The van der Waals surface area contributed by atoms with Crippen molar-refractivity contribution in [2.75, 3.05) is 7.11 Å². The third kappa shape index (κ3) is 3.79. The van der Waals surface area contributed by atoms with Crippen molar-refractivity contribution in [3.63, 3.8) is 0 Å². The van der Waals surface area contributed by atoms with Crippen molar-refractivity contribution in [2.24, 2.45) is 0 Å². The van der Waals surface area contributed by atoms with Crippen LogP contribution in [-0.4, -0.2) is 12.1 Å². The van der Waals surface area contributed by atoms with E-state index in [4.69, 9.17) is 16.3 Å². The van der Waals surface area contributed by atoms with Crippen LogP contribution in [0.25, 0.3) is 33.2 Å². The maximum Gasteiger partial charge on any atom is 0.417 e. The predicted octanol–water partition coefficient (Wildman–Crippen LogP) is 6.85. The average Bonchev–Trinajstić information content (AvgIpc) is 2.74. The van der Waals surface area contributed by atoms with Gasteiger partial charge in [-0.3, -0.25) is 4.79 Å². The number of pyridine rings is 1. The minimum atomic E-state index is -4.46. The second kappa shape index (κ2) is 7.78. The summed E-state index contributed by atoms with van der Waals surface area (Å²) in [5.74, 6) is 0.449. The summed E-state index contributed by atoms with van der Waals surface area (Å²) in [4.78, 5) is 16.4. The molecule has 0 atom stereocenters. The summed E-state index contributed by atoms with van der Waals surface area (Å²) >= 11 is 6.18. The second-order valence-corrected chi connectivity index (χ2v) is 7.51. The third-order valence-electron chi connectivity index (χ3n) is 5.18. The van der Waals surface area contributed by atoms with Crippen molar-refractivity contribution in [1.29, 1.82) is 0 Å². The second-order valence-electron chi connectivity index (χ2n) is 7.11. The van der Waals surface area contributed by atoms with Crippen LogP contribution < -0.4 is 10.2 Å². The normalized spacial score (nSPS) is 11.7. The van der Waals surface area contributed by atoms with E-state index in [0.29, 0.717) is 44.1 Å². The largest absolute Gasteiger partial charge is 0.495 e. The van der Waals surface area contributed by atoms with Crippen LogP contribution in [0.1, 0.15) is 11.3 Å². The number of ether oxygens (including phenoxy) is 1. The monoisotopic (exact) mass is 443 g/mol. The molecule has 31 heavy (non-hydrogen) atoms. The molecule has 0 unspecified atom stereocenters. The minimum Gasteiger partial charge on any atom is -0.495 e. The molecule has 0 bridgehead atoms. The Morgan fingerprint density at radius 2 is 1.61 bits per heavy atom. The fraction of sp³-hybridized carbons (Fsp3) is 0.125. The van der Waals surface area contributed by atoms with Crippen molar-refractivity contribution in [1.82, 2.24) is 4.98 Å². The van der Waals surface area contributed by atoms with Crippen molar-refractivity contribution < 1.29 is 17.9 Å². The Hall–Kier alpha value is -3.25. The number of benzene rings is 3. The van der Waals surface area contributed by atoms with E-state index in [0.717, 1.165) is 6.07 Å². The Morgan fingerprint density at radius 1 is 0.968 bits per heavy atom. The first-order valence-corrected chi connectivity index (χ1v) is 9.75. The van der Waals surface area contributed by atoms with Gasteiger partial charge in [0.2, 0.25) is 0 Å². The lowest BCUT2D eigenvalue weighted by Gasteiger charge is -2.14. The summed E-state index contributed by atoms with van der Waals surface area (Å²) in [6.45, 7) is 1.77. The fourth-order valence-corrected chi connectivity index (χ4v) is 3.96. The highest BCUT2D eigenvalue weighted by Crippen LogP contribution is 2.37. The fourth-order valence-electron chi connectivity index (χ4n) is 3.72. The molecule has 3 aromatic carbocycles. The number of halogens is 4. The summed E-state index contributed by atoms with van der Waals surface area (Å²) in [7, 11) is 1.49. The number of rotatable bonds is 3. The molecule has 0 radical (unpaired) electrons. The molecule has 0 aliphatic carbocycles. The van der Waals surface area contributed by atoms with Gasteiger partial charge >= 0.3 is 6.18 Å². The van der Waals surface area contributed by atoms with E-state index >= 15 is 0 Å². The molecule has 0 aliphatic heterocycles. The molecule has 1 N–H and O–H groups in total. The maximum atomic E-state index is 13.4. The number of hydrogen-bond donors (Lipinski definition) is 1. The Bertz CT molecular complexity index is 1340. The molecule has 158 valence electrons. The van der Waals surface area contributed by atoms with Gasteiger partial charge in [-0.15, -0.1) is 0 Å². The number of aryl methyl sites for hydroxylation is 1. The first kappa shape index (κ1) is 21.0. The number of aromatic nitrogens is 1. The van der Waals surface area contributed by atoms with Crippen LogP contribution in [0.3, 0.4) is 0 Å². The maximum absolute atomic E-state index is 13.4. The quantitative estimate of drug-likeness (QED) is 0.376. The molecule has 0 saturated carbocycles. The van der Waals surface area contributed by atoms with Crippen LogP contribution in [0.5, 0.6) is 5.75 Å². The average molecular weight is 444 g/mol. The molecular formula is C24H17ClF3NO2. The van der Waals surface area contributed by atoms with E-state index in [1.165, 1.54) is 19.2 Å². The summed E-state index contributed by atoms with van der Waals surface area (Å²) < 4.78 is 45.3. The topological polar surface area (TPSA) is 42.1 Å². The molecule has 1 aromatic heterocycles. The lowest BCUT2D eigenvalue weighted by atomic mass is 9.95. The first-order valence-electron chi connectivity index (χ1n) is 9.38. The van der Waals surface area contributed by atoms with Gasteiger partial charge in [-0.2, -0.15) is 13.2 Å². The van der Waals surface area contributed by atoms with Gasteiger partial charge in [-0.25, -0.2) is 0 Å². The molecule has 0 aliphatic rings. The number of H-pyrrole nitrogens is 1. The molecular weight excluding hydrogens is 427 g/mol. The molecule has 4 rings (SSSR count). The van der Waals surface area contributed by atoms with Crippen LogP contribution in [0.4, 0.5) is 13.2 Å². The van der Waals surface area contributed by atoms with E-state index in [1.807, 2.05) is 0 Å². The standard InChI is InChI=1S/C24H17ClF3NO2/c1-13-22(23(30)17-11-19(25)21(31-2)12-20(17)29-13)15-9-7-14(8-10-15)16-5-3-4-6-18(16)24(26,27)28/h3-12H,1-2H3,(H,29,30). The molecule has 0 spiro atoms. The zero-order valence-electron chi connectivity index (χ0n) is 16.6. The molecule has 4 aromatic rings. The summed E-state index contributed by atoms with van der Waals surface area (Å²) in [6, 6.07) is 15.1. The number of hydrogen-bond acceptors (Lipinski definition) is 2. The smallest absolute Gasteiger partial charge is 0.417 e. The van der Waals surface area contributed by atoms with E-state index < -0.39 is 11.7 Å². The van der Waals surface area contributed by atoms with Gasteiger partial charge in [0, 0.05) is 22.7 Å². The lowest BCUT2D eigenvalue weighted by molar-refractivity contribution is -0.137. The Morgan fingerprint density at radius 3 is 2.26 bits per heavy atom. The SMILES string of the molecule is COc1cc2[nH]c(C)c(-c3ccc(-c4ccccc4C(F)(F)F)cc3)c(=O)c2cc1Cl. The number of methoxy groups -OCH3 is 1. The molecule has 0 amide bonds. The Kier molecular flexibility index (Phi) is 5.27. The van der Waals surface area contributed by atoms with Crippen molar-refractivity contribution in [3.8, 4) is 28.0 Å². The van der Waals surface area contributed by atoms with Gasteiger partial charge in [0.15, 0.2) is 5.43 Å². The van der Waals surface area contributed by atoms with Crippen LogP contribution >= 0.6 is 11.6 Å². The molecule has 0 saturated heterocycles. The minimum absolute atomic E-state index is 0.0876. The summed E-state index contributed by atoms with van der Waals surface area (Å²) in [5, 5.41) is 0.715. The van der Waals surface area contributed by atoms with Crippen molar-refractivity contribution in [3.05, 3.63) is 87.2 Å². The van der Waals surface area contributed by atoms with E-state index in [2.05, 4.69) is 4.98 Å². The van der Waals surface area contributed by atoms with E-state index in [9.17, 15) is 18.0 Å². The zero-order chi connectivity index (χ0) is 22.3. The van der Waals surface area contributed by atoms with Crippen LogP contribution in [0.2, 0.25) is 5.02 Å². The van der Waals surface area contributed by atoms with Crippen molar-refractivity contribution in [2.45, 2.75) is 13.1 Å². The van der Waals surface area contributed by atoms with Crippen LogP contribution in [0, 0.1) is 6.92 Å². The van der Waals surface area contributed by atoms with Gasteiger partial charge in [0.05, 0.1) is 23.2 Å². The summed E-state index contributed by atoms with van der Waals surface area (Å²) in [5.41, 5.74) is 1.83. The van der Waals surface area contributed by atoms with Gasteiger partial charge in [0.25, 0.3) is 0 Å².